The average Bonchev–Trinajstić information content (AvgIpc) is 3.40. The number of aromatic nitrogens is 2. The number of benzene rings is 1. The summed E-state index contributed by atoms with van der Waals surface area (Å²) in [6, 6.07) is 5.26. The zero-order valence-electron chi connectivity index (χ0n) is 13.2. The fourth-order valence-electron chi connectivity index (χ4n) is 2.43. The van der Waals surface area contributed by atoms with Crippen LogP contribution in [0.2, 0.25) is 0 Å². The lowest BCUT2D eigenvalue weighted by Gasteiger charge is -2.15. The van der Waals surface area contributed by atoms with E-state index < -0.39 is 6.10 Å². The lowest BCUT2D eigenvalue weighted by atomic mass is 10.2. The second-order valence-corrected chi connectivity index (χ2v) is 5.74. The fraction of sp³-hybridized carbons (Fsp3) is 0.412. The van der Waals surface area contributed by atoms with Crippen LogP contribution in [0, 0.1) is 12.8 Å². The smallest absolute Gasteiger partial charge is 0.276 e. The van der Waals surface area contributed by atoms with Gasteiger partial charge in [0.1, 0.15) is 12.3 Å². The standard InChI is InChI=1S/C17H20N2O4/c1-11-17(21)19(8-7-18-11)13-5-6-15(16(9-13)22-2)23-10-14(20)12-3-4-12/h5-9,12,14,20H,3-4,10H2,1-2H3. The molecule has 1 aliphatic rings. The molecule has 0 spiro atoms. The van der Waals surface area contributed by atoms with Gasteiger partial charge in [-0.05, 0) is 37.8 Å². The Hall–Kier alpha value is -2.34. The molecule has 0 aliphatic heterocycles. The highest BCUT2D eigenvalue weighted by molar-refractivity contribution is 5.49. The summed E-state index contributed by atoms with van der Waals surface area (Å²) in [4.78, 5) is 16.1. The maximum atomic E-state index is 12.1. The second-order valence-electron chi connectivity index (χ2n) is 5.74. The van der Waals surface area contributed by atoms with Gasteiger partial charge in [0.2, 0.25) is 0 Å². The monoisotopic (exact) mass is 316 g/mol. The molecule has 6 heteroatoms. The molecular weight excluding hydrogens is 296 g/mol. The minimum absolute atomic E-state index is 0.174. The van der Waals surface area contributed by atoms with Crippen LogP contribution < -0.4 is 15.0 Å². The quantitative estimate of drug-likeness (QED) is 0.878. The van der Waals surface area contributed by atoms with E-state index in [9.17, 15) is 9.90 Å². The zero-order chi connectivity index (χ0) is 16.4. The summed E-state index contributed by atoms with van der Waals surface area (Å²) >= 11 is 0. The first-order valence-electron chi connectivity index (χ1n) is 7.63. The Balaban J connectivity index is 1.84. The van der Waals surface area contributed by atoms with Crippen LogP contribution in [0.4, 0.5) is 0 Å². The molecule has 1 unspecified atom stereocenters. The second kappa shape index (κ2) is 6.42. The molecule has 0 radical (unpaired) electrons. The molecule has 1 fully saturated rings. The van der Waals surface area contributed by atoms with Gasteiger partial charge in [-0.15, -0.1) is 0 Å². The van der Waals surface area contributed by atoms with E-state index in [0.29, 0.717) is 28.8 Å². The summed E-state index contributed by atoms with van der Waals surface area (Å²) in [5.41, 5.74) is 0.930. The van der Waals surface area contributed by atoms with Gasteiger partial charge in [-0.2, -0.15) is 0 Å². The van der Waals surface area contributed by atoms with Crippen LogP contribution in [0.15, 0.2) is 35.4 Å². The third kappa shape index (κ3) is 3.37. The van der Waals surface area contributed by atoms with Crippen molar-refractivity contribution in [1.29, 1.82) is 0 Å². The van der Waals surface area contributed by atoms with Crippen molar-refractivity contribution < 1.29 is 14.6 Å². The molecule has 3 rings (SSSR count). The Morgan fingerprint density at radius 1 is 1.39 bits per heavy atom. The highest BCUT2D eigenvalue weighted by Gasteiger charge is 2.30. The zero-order valence-corrected chi connectivity index (χ0v) is 13.2. The maximum Gasteiger partial charge on any atom is 0.276 e. The topological polar surface area (TPSA) is 73.6 Å². The average molecular weight is 316 g/mol. The Morgan fingerprint density at radius 3 is 2.87 bits per heavy atom. The third-order valence-corrected chi connectivity index (χ3v) is 4.01. The van der Waals surface area contributed by atoms with Crippen molar-refractivity contribution in [3.05, 3.63) is 46.6 Å². The molecular formula is C17H20N2O4. The molecule has 23 heavy (non-hydrogen) atoms. The predicted molar refractivity (Wildman–Crippen MR) is 85.3 cm³/mol. The van der Waals surface area contributed by atoms with E-state index in [-0.39, 0.29) is 12.2 Å². The Morgan fingerprint density at radius 2 is 2.17 bits per heavy atom. The van der Waals surface area contributed by atoms with Gasteiger partial charge in [-0.1, -0.05) is 0 Å². The summed E-state index contributed by atoms with van der Waals surface area (Å²) in [7, 11) is 1.55. The van der Waals surface area contributed by atoms with Gasteiger partial charge in [0.25, 0.3) is 5.56 Å². The molecule has 1 N–H and O–H groups in total. The van der Waals surface area contributed by atoms with Crippen LogP contribution in [0.3, 0.4) is 0 Å². The summed E-state index contributed by atoms with van der Waals surface area (Å²) in [5.74, 6) is 1.43. The lowest BCUT2D eigenvalue weighted by Crippen LogP contribution is -2.21. The molecule has 122 valence electrons. The Kier molecular flexibility index (Phi) is 4.34. The predicted octanol–water partition coefficient (Wildman–Crippen LogP) is 1.70. The molecule has 2 aromatic rings. The normalized spacial score (nSPS) is 15.3. The summed E-state index contributed by atoms with van der Waals surface area (Å²) in [6.45, 7) is 1.92. The van der Waals surface area contributed by atoms with E-state index in [4.69, 9.17) is 9.47 Å². The molecule has 0 bridgehead atoms. The van der Waals surface area contributed by atoms with E-state index in [1.807, 2.05) is 0 Å². The van der Waals surface area contributed by atoms with Crippen molar-refractivity contribution in [2.75, 3.05) is 13.7 Å². The molecule has 1 saturated carbocycles. The number of methoxy groups -OCH3 is 1. The fourth-order valence-corrected chi connectivity index (χ4v) is 2.43. The van der Waals surface area contributed by atoms with Crippen LogP contribution in [0.25, 0.3) is 5.69 Å². The van der Waals surface area contributed by atoms with Crippen LogP contribution in [-0.2, 0) is 0 Å². The van der Waals surface area contributed by atoms with Gasteiger partial charge in [0.05, 0.1) is 18.9 Å². The van der Waals surface area contributed by atoms with Crippen LogP contribution in [0.1, 0.15) is 18.5 Å². The van der Waals surface area contributed by atoms with E-state index >= 15 is 0 Å². The first-order chi connectivity index (χ1) is 11.1. The van der Waals surface area contributed by atoms with E-state index in [2.05, 4.69) is 4.98 Å². The van der Waals surface area contributed by atoms with Crippen molar-refractivity contribution in [3.63, 3.8) is 0 Å². The van der Waals surface area contributed by atoms with Crippen molar-refractivity contribution in [2.45, 2.75) is 25.9 Å². The largest absolute Gasteiger partial charge is 0.493 e. The van der Waals surface area contributed by atoms with Gasteiger partial charge in [-0.25, -0.2) is 0 Å². The highest BCUT2D eigenvalue weighted by atomic mass is 16.5. The van der Waals surface area contributed by atoms with Crippen molar-refractivity contribution in [3.8, 4) is 17.2 Å². The van der Waals surface area contributed by atoms with E-state index in [1.54, 1.807) is 44.6 Å². The lowest BCUT2D eigenvalue weighted by molar-refractivity contribution is 0.0880. The van der Waals surface area contributed by atoms with Crippen LogP contribution in [0.5, 0.6) is 11.5 Å². The minimum atomic E-state index is -0.440. The number of hydrogen-bond acceptors (Lipinski definition) is 5. The van der Waals surface area contributed by atoms with Gasteiger partial charge in [0, 0.05) is 18.5 Å². The summed E-state index contributed by atoms with van der Waals surface area (Å²) < 4.78 is 12.5. The minimum Gasteiger partial charge on any atom is -0.493 e. The number of rotatable bonds is 6. The molecule has 0 saturated heterocycles. The molecule has 0 amide bonds. The highest BCUT2D eigenvalue weighted by Crippen LogP contribution is 2.34. The molecule has 1 aromatic heterocycles. The Labute approximate surface area is 134 Å². The van der Waals surface area contributed by atoms with Gasteiger partial charge in [-0.3, -0.25) is 14.3 Å². The number of nitrogens with zero attached hydrogens (tertiary/aromatic N) is 2. The number of hydrogen-bond donors (Lipinski definition) is 1. The molecule has 1 atom stereocenters. The Bertz CT molecular complexity index is 752. The van der Waals surface area contributed by atoms with Gasteiger partial charge in [0.15, 0.2) is 11.5 Å². The number of ether oxygens (including phenoxy) is 2. The van der Waals surface area contributed by atoms with Crippen LogP contribution >= 0.6 is 0 Å². The van der Waals surface area contributed by atoms with E-state index in [1.165, 1.54) is 4.57 Å². The maximum absolute atomic E-state index is 12.1. The first kappa shape index (κ1) is 15.6. The van der Waals surface area contributed by atoms with Crippen molar-refractivity contribution >= 4 is 0 Å². The summed E-state index contributed by atoms with van der Waals surface area (Å²) in [5, 5.41) is 9.90. The van der Waals surface area contributed by atoms with Crippen LogP contribution in [-0.4, -0.2) is 34.5 Å². The van der Waals surface area contributed by atoms with Gasteiger partial charge < -0.3 is 14.6 Å². The van der Waals surface area contributed by atoms with E-state index in [0.717, 1.165) is 12.8 Å². The molecule has 6 nitrogen and oxygen atoms in total. The van der Waals surface area contributed by atoms with Crippen molar-refractivity contribution in [1.82, 2.24) is 9.55 Å². The van der Waals surface area contributed by atoms with Gasteiger partial charge >= 0.3 is 0 Å². The summed E-state index contributed by atoms with van der Waals surface area (Å²) in [6.07, 6.45) is 4.88. The molecule has 1 aliphatic carbocycles. The SMILES string of the molecule is COc1cc(-n2ccnc(C)c2=O)ccc1OCC(O)C1CC1. The number of aliphatic hydroxyl groups is 1. The molecule has 1 heterocycles. The number of aryl methyl sites for hydroxylation is 1. The first-order valence-corrected chi connectivity index (χ1v) is 7.63. The van der Waals surface area contributed by atoms with Crippen molar-refractivity contribution in [2.24, 2.45) is 5.92 Å². The molecule has 1 aromatic carbocycles. The third-order valence-electron chi connectivity index (χ3n) is 4.01. The number of aliphatic hydroxyl groups excluding tert-OH is 1.